The first-order chi connectivity index (χ1) is 9.13. The van der Waals surface area contributed by atoms with E-state index in [1.54, 1.807) is 0 Å². The predicted octanol–water partition coefficient (Wildman–Crippen LogP) is 2.66. The van der Waals surface area contributed by atoms with Crippen LogP contribution in [-0.4, -0.2) is 20.9 Å². The van der Waals surface area contributed by atoms with Gasteiger partial charge in [-0.1, -0.05) is 0 Å². The van der Waals surface area contributed by atoms with Gasteiger partial charge in [-0.15, -0.1) is 0 Å². The molecule has 0 aromatic carbocycles. The summed E-state index contributed by atoms with van der Waals surface area (Å²) in [6, 6.07) is 0. The lowest BCUT2D eigenvalue weighted by molar-refractivity contribution is -0.00571. The van der Waals surface area contributed by atoms with Crippen LogP contribution in [0.25, 0.3) is 0 Å². The highest BCUT2D eigenvalue weighted by atomic mass is 16.4. The highest BCUT2D eigenvalue weighted by molar-refractivity contribution is 5.88. The van der Waals surface area contributed by atoms with E-state index in [4.69, 9.17) is 0 Å². The Morgan fingerprint density at radius 2 is 1.79 bits per heavy atom. The summed E-state index contributed by atoms with van der Waals surface area (Å²) in [4.78, 5) is 11.4. The van der Waals surface area contributed by atoms with Crippen molar-refractivity contribution in [3.8, 4) is 0 Å². The molecular formula is C15H20N2O2. The Labute approximate surface area is 112 Å². The Morgan fingerprint density at radius 1 is 1.21 bits per heavy atom. The minimum Gasteiger partial charge on any atom is -0.478 e. The third-order valence-corrected chi connectivity index (χ3v) is 5.76. The average molecular weight is 260 g/mol. The number of carboxylic acid groups (broad SMARTS) is 1. The Bertz CT molecular complexity index is 506. The van der Waals surface area contributed by atoms with Crippen LogP contribution in [0.2, 0.25) is 0 Å². The second-order valence-electron chi connectivity index (χ2n) is 6.83. The van der Waals surface area contributed by atoms with E-state index in [0.29, 0.717) is 23.3 Å². The van der Waals surface area contributed by atoms with Crippen molar-refractivity contribution < 1.29 is 9.90 Å². The summed E-state index contributed by atoms with van der Waals surface area (Å²) in [6.45, 7) is 0. The van der Waals surface area contributed by atoms with Crippen molar-refractivity contribution >= 4 is 5.97 Å². The van der Waals surface area contributed by atoms with Crippen molar-refractivity contribution in [2.75, 3.05) is 0 Å². The van der Waals surface area contributed by atoms with Gasteiger partial charge in [-0.25, -0.2) is 4.79 Å². The standard InChI is InChI=1S/C15H20N2O2/c1-17-14(12(7-16-17)15(18)19)13-10-3-8-2-9(5-10)6-11(13)4-8/h7-11,13H,2-6H2,1H3,(H,18,19). The maximum absolute atomic E-state index is 11.4. The molecule has 1 aromatic rings. The number of rotatable bonds is 2. The van der Waals surface area contributed by atoms with Crippen LogP contribution in [-0.2, 0) is 7.05 Å². The number of aromatic nitrogens is 2. The number of nitrogens with zero attached hydrogens (tertiary/aromatic N) is 2. The summed E-state index contributed by atoms with van der Waals surface area (Å²) >= 11 is 0. The van der Waals surface area contributed by atoms with E-state index in [1.165, 1.54) is 38.3 Å². The molecule has 0 unspecified atom stereocenters. The smallest absolute Gasteiger partial charge is 0.339 e. The van der Waals surface area contributed by atoms with E-state index in [0.717, 1.165) is 17.5 Å². The van der Waals surface area contributed by atoms with Crippen molar-refractivity contribution in [3.05, 3.63) is 17.5 Å². The van der Waals surface area contributed by atoms with Gasteiger partial charge in [-0.05, 0) is 55.8 Å². The van der Waals surface area contributed by atoms with Crippen LogP contribution in [0.1, 0.15) is 54.1 Å². The van der Waals surface area contributed by atoms with E-state index in [2.05, 4.69) is 5.10 Å². The van der Waals surface area contributed by atoms with Gasteiger partial charge >= 0.3 is 5.97 Å². The third kappa shape index (κ3) is 1.58. The maximum Gasteiger partial charge on any atom is 0.339 e. The molecule has 0 aliphatic heterocycles. The molecular weight excluding hydrogens is 240 g/mol. The number of carboxylic acids is 1. The molecule has 4 bridgehead atoms. The van der Waals surface area contributed by atoms with Gasteiger partial charge in [0, 0.05) is 13.0 Å². The van der Waals surface area contributed by atoms with Crippen LogP contribution in [0.3, 0.4) is 0 Å². The van der Waals surface area contributed by atoms with Gasteiger partial charge in [-0.2, -0.15) is 5.10 Å². The molecule has 0 atom stereocenters. The lowest BCUT2D eigenvalue weighted by Gasteiger charge is -2.54. The number of hydrogen-bond acceptors (Lipinski definition) is 2. The van der Waals surface area contributed by atoms with E-state index in [1.807, 2.05) is 11.7 Å². The van der Waals surface area contributed by atoms with Gasteiger partial charge in [-0.3, -0.25) is 4.68 Å². The van der Waals surface area contributed by atoms with Crippen LogP contribution in [0.4, 0.5) is 0 Å². The van der Waals surface area contributed by atoms with Crippen LogP contribution in [0.5, 0.6) is 0 Å². The lowest BCUT2D eigenvalue weighted by Crippen LogP contribution is -2.44. The Morgan fingerprint density at radius 3 is 2.32 bits per heavy atom. The number of carbonyl (C=O) groups is 1. The predicted molar refractivity (Wildman–Crippen MR) is 70.0 cm³/mol. The highest BCUT2D eigenvalue weighted by Crippen LogP contribution is 2.60. The number of aryl methyl sites for hydroxylation is 1. The molecule has 0 amide bonds. The van der Waals surface area contributed by atoms with Crippen LogP contribution in [0.15, 0.2) is 6.20 Å². The minimum absolute atomic E-state index is 0.431. The van der Waals surface area contributed by atoms with Crippen molar-refractivity contribution in [1.29, 1.82) is 0 Å². The Balaban J connectivity index is 1.77. The van der Waals surface area contributed by atoms with Gasteiger partial charge in [0.25, 0.3) is 0 Å². The highest BCUT2D eigenvalue weighted by Gasteiger charge is 2.50. The van der Waals surface area contributed by atoms with Gasteiger partial charge in [0.15, 0.2) is 0 Å². The fourth-order valence-electron chi connectivity index (χ4n) is 5.38. The summed E-state index contributed by atoms with van der Waals surface area (Å²) in [7, 11) is 1.90. The molecule has 4 aliphatic rings. The zero-order chi connectivity index (χ0) is 13.1. The van der Waals surface area contributed by atoms with Crippen LogP contribution < -0.4 is 0 Å². The molecule has 4 saturated carbocycles. The molecule has 5 rings (SSSR count). The number of hydrogen-bond donors (Lipinski definition) is 1. The molecule has 1 N–H and O–H groups in total. The van der Waals surface area contributed by atoms with Gasteiger partial charge in [0.2, 0.25) is 0 Å². The molecule has 0 saturated heterocycles. The zero-order valence-electron chi connectivity index (χ0n) is 11.2. The summed E-state index contributed by atoms with van der Waals surface area (Å²) in [5.74, 6) is 2.85. The Hall–Kier alpha value is -1.32. The molecule has 1 heterocycles. The van der Waals surface area contributed by atoms with Gasteiger partial charge < -0.3 is 5.11 Å². The van der Waals surface area contributed by atoms with E-state index < -0.39 is 5.97 Å². The molecule has 4 fully saturated rings. The van der Waals surface area contributed by atoms with Crippen molar-refractivity contribution in [3.63, 3.8) is 0 Å². The second kappa shape index (κ2) is 3.84. The zero-order valence-corrected chi connectivity index (χ0v) is 11.2. The fraction of sp³-hybridized carbons (Fsp3) is 0.733. The monoisotopic (exact) mass is 260 g/mol. The van der Waals surface area contributed by atoms with Crippen LogP contribution in [0, 0.1) is 23.7 Å². The fourth-order valence-corrected chi connectivity index (χ4v) is 5.38. The third-order valence-electron chi connectivity index (χ3n) is 5.76. The molecule has 19 heavy (non-hydrogen) atoms. The lowest BCUT2D eigenvalue weighted by atomic mass is 9.51. The van der Waals surface area contributed by atoms with Crippen molar-refractivity contribution in [1.82, 2.24) is 9.78 Å². The van der Waals surface area contributed by atoms with Gasteiger partial charge in [0.1, 0.15) is 5.56 Å². The summed E-state index contributed by atoms with van der Waals surface area (Å²) < 4.78 is 1.82. The Kier molecular flexibility index (Phi) is 2.32. The molecule has 1 aromatic heterocycles. The van der Waals surface area contributed by atoms with Crippen molar-refractivity contribution in [2.45, 2.75) is 38.0 Å². The summed E-state index contributed by atoms with van der Waals surface area (Å²) in [5.41, 5.74) is 1.42. The first-order valence-corrected chi connectivity index (χ1v) is 7.38. The quantitative estimate of drug-likeness (QED) is 0.889. The van der Waals surface area contributed by atoms with E-state index in [-0.39, 0.29) is 0 Å². The molecule has 4 nitrogen and oxygen atoms in total. The average Bonchev–Trinajstić information content (AvgIpc) is 2.70. The molecule has 102 valence electrons. The molecule has 0 radical (unpaired) electrons. The minimum atomic E-state index is -0.822. The first-order valence-electron chi connectivity index (χ1n) is 7.38. The van der Waals surface area contributed by atoms with Crippen molar-refractivity contribution in [2.24, 2.45) is 30.7 Å². The maximum atomic E-state index is 11.4. The first kappa shape index (κ1) is 11.5. The molecule has 0 spiro atoms. The second-order valence-corrected chi connectivity index (χ2v) is 6.83. The summed E-state index contributed by atoms with van der Waals surface area (Å²) in [6.07, 6.45) is 8.19. The number of aromatic carboxylic acids is 1. The van der Waals surface area contributed by atoms with Gasteiger partial charge in [0.05, 0.1) is 11.9 Å². The van der Waals surface area contributed by atoms with E-state index >= 15 is 0 Å². The molecule has 4 aliphatic carbocycles. The normalized spacial score (nSPS) is 39.7. The topological polar surface area (TPSA) is 55.1 Å². The summed E-state index contributed by atoms with van der Waals surface area (Å²) in [5, 5.41) is 13.6. The van der Waals surface area contributed by atoms with E-state index in [9.17, 15) is 9.90 Å². The van der Waals surface area contributed by atoms with Crippen LogP contribution >= 0.6 is 0 Å². The molecule has 4 heteroatoms. The SMILES string of the molecule is Cn1ncc(C(=O)O)c1C1C2CC3CC(C2)CC1C3. The largest absolute Gasteiger partial charge is 0.478 e.